The Balaban J connectivity index is 0.00000306. The standard InChI is InChI=1S/C22H31F2N7O.HI/c1-15-28-29-21(30(15)2)13-25-22(26-16-7-10-31(11-8-16)14-20(23)24)27-18-9-12-32-19-6-4-3-5-17(18)19;/h3-6,16,18,20H,7-14H2,1-2H3,(H2,25,26,27);1H. The molecule has 1 atom stereocenters. The number of para-hydroxylation sites is 1. The fourth-order valence-corrected chi connectivity index (χ4v) is 4.18. The van der Waals surface area contributed by atoms with Crippen molar-refractivity contribution in [3.63, 3.8) is 0 Å². The zero-order chi connectivity index (χ0) is 22.5. The number of guanidine groups is 1. The Bertz CT molecular complexity index is 931. The maximum atomic E-state index is 12.7. The van der Waals surface area contributed by atoms with Gasteiger partial charge in [-0.1, -0.05) is 18.2 Å². The van der Waals surface area contributed by atoms with E-state index >= 15 is 0 Å². The van der Waals surface area contributed by atoms with Crippen LogP contribution in [0.3, 0.4) is 0 Å². The number of hydrogen-bond acceptors (Lipinski definition) is 5. The Hall–Kier alpha value is -2.02. The number of piperidine rings is 1. The molecular formula is C22H32F2IN7O. The lowest BCUT2D eigenvalue weighted by Crippen LogP contribution is -2.50. The van der Waals surface area contributed by atoms with Crippen LogP contribution >= 0.6 is 24.0 Å². The van der Waals surface area contributed by atoms with Crippen LogP contribution in [0.5, 0.6) is 5.75 Å². The summed E-state index contributed by atoms with van der Waals surface area (Å²) in [6, 6.07) is 8.27. The maximum Gasteiger partial charge on any atom is 0.251 e. The average molecular weight is 575 g/mol. The number of likely N-dealkylation sites (tertiary alicyclic amines) is 1. The summed E-state index contributed by atoms with van der Waals surface area (Å²) in [5.41, 5.74) is 1.11. The van der Waals surface area contributed by atoms with Crippen LogP contribution in [0.2, 0.25) is 0 Å². The van der Waals surface area contributed by atoms with E-state index in [0.29, 0.717) is 32.2 Å². The average Bonchev–Trinajstić information content (AvgIpc) is 3.11. The Morgan fingerprint density at radius 1 is 1.18 bits per heavy atom. The van der Waals surface area contributed by atoms with Gasteiger partial charge in [-0.2, -0.15) is 0 Å². The molecule has 2 aliphatic heterocycles. The van der Waals surface area contributed by atoms with E-state index in [1.165, 1.54) is 0 Å². The molecule has 0 amide bonds. The molecule has 1 aromatic heterocycles. The summed E-state index contributed by atoms with van der Waals surface area (Å²) in [6.45, 7) is 4.08. The molecule has 2 N–H and O–H groups in total. The number of aryl methyl sites for hydroxylation is 1. The van der Waals surface area contributed by atoms with Gasteiger partial charge in [0.1, 0.15) is 18.1 Å². The minimum absolute atomic E-state index is 0. The van der Waals surface area contributed by atoms with Gasteiger partial charge in [-0.25, -0.2) is 13.8 Å². The molecule has 33 heavy (non-hydrogen) atoms. The summed E-state index contributed by atoms with van der Waals surface area (Å²) in [5, 5.41) is 15.4. The van der Waals surface area contributed by atoms with E-state index in [1.54, 1.807) is 0 Å². The Morgan fingerprint density at radius 2 is 1.94 bits per heavy atom. The highest BCUT2D eigenvalue weighted by Gasteiger charge is 2.25. The second kappa shape index (κ2) is 11.9. The number of ether oxygens (including phenoxy) is 1. The monoisotopic (exact) mass is 575 g/mol. The molecule has 0 radical (unpaired) electrons. The first-order valence-electron chi connectivity index (χ1n) is 11.1. The van der Waals surface area contributed by atoms with Crippen LogP contribution in [0.1, 0.15) is 42.5 Å². The molecule has 2 aliphatic rings. The largest absolute Gasteiger partial charge is 0.493 e. The third-order valence-electron chi connectivity index (χ3n) is 6.16. The molecule has 0 spiro atoms. The van der Waals surface area contributed by atoms with E-state index in [0.717, 1.165) is 42.2 Å². The predicted molar refractivity (Wildman–Crippen MR) is 133 cm³/mol. The molecule has 0 aliphatic carbocycles. The van der Waals surface area contributed by atoms with Crippen molar-refractivity contribution in [2.24, 2.45) is 12.0 Å². The molecule has 1 saturated heterocycles. The van der Waals surface area contributed by atoms with Crippen LogP contribution in [0, 0.1) is 6.92 Å². The van der Waals surface area contributed by atoms with Crippen LogP contribution < -0.4 is 15.4 Å². The predicted octanol–water partition coefficient (Wildman–Crippen LogP) is 3.03. The molecule has 8 nitrogen and oxygen atoms in total. The first-order valence-corrected chi connectivity index (χ1v) is 11.1. The third-order valence-corrected chi connectivity index (χ3v) is 6.16. The third kappa shape index (κ3) is 6.75. The number of aromatic nitrogens is 3. The fraction of sp³-hybridized carbons (Fsp3) is 0.591. The molecule has 3 heterocycles. The first-order chi connectivity index (χ1) is 15.5. The first kappa shape index (κ1) is 25.6. The van der Waals surface area contributed by atoms with E-state index in [2.05, 4.69) is 26.9 Å². The van der Waals surface area contributed by atoms with E-state index in [4.69, 9.17) is 9.73 Å². The molecule has 182 valence electrons. The summed E-state index contributed by atoms with van der Waals surface area (Å²) in [6.07, 6.45) is 0.122. The molecule has 1 fully saturated rings. The van der Waals surface area contributed by atoms with Gasteiger partial charge in [0.15, 0.2) is 11.8 Å². The number of rotatable bonds is 6. The van der Waals surface area contributed by atoms with Crippen molar-refractivity contribution in [2.45, 2.75) is 51.2 Å². The summed E-state index contributed by atoms with van der Waals surface area (Å²) in [5.74, 6) is 3.20. The van der Waals surface area contributed by atoms with Gasteiger partial charge in [-0.15, -0.1) is 34.2 Å². The lowest BCUT2D eigenvalue weighted by molar-refractivity contribution is 0.0744. The second-order valence-electron chi connectivity index (χ2n) is 8.37. The summed E-state index contributed by atoms with van der Waals surface area (Å²) in [4.78, 5) is 6.62. The highest BCUT2D eigenvalue weighted by Crippen LogP contribution is 2.31. The maximum absolute atomic E-state index is 12.7. The van der Waals surface area contributed by atoms with Crippen LogP contribution in [-0.2, 0) is 13.6 Å². The molecule has 2 aromatic rings. The minimum Gasteiger partial charge on any atom is -0.493 e. The Kier molecular flexibility index (Phi) is 9.24. The molecule has 0 bridgehead atoms. The van der Waals surface area contributed by atoms with Gasteiger partial charge in [0.05, 0.1) is 19.2 Å². The SMILES string of the molecule is Cc1nnc(CN=C(NC2CCN(CC(F)F)CC2)NC2CCOc3ccccc32)n1C.I. The van der Waals surface area contributed by atoms with Gasteiger partial charge in [0, 0.05) is 38.2 Å². The van der Waals surface area contributed by atoms with Gasteiger partial charge in [-0.05, 0) is 25.8 Å². The van der Waals surface area contributed by atoms with Gasteiger partial charge in [0.25, 0.3) is 6.43 Å². The van der Waals surface area contributed by atoms with Crippen molar-refractivity contribution < 1.29 is 13.5 Å². The second-order valence-corrected chi connectivity index (χ2v) is 8.37. The summed E-state index contributed by atoms with van der Waals surface area (Å²) < 4.78 is 33.1. The van der Waals surface area contributed by atoms with Gasteiger partial charge in [-0.3, -0.25) is 4.90 Å². The summed E-state index contributed by atoms with van der Waals surface area (Å²) >= 11 is 0. The molecular weight excluding hydrogens is 543 g/mol. The molecule has 4 rings (SSSR count). The van der Waals surface area contributed by atoms with Gasteiger partial charge >= 0.3 is 0 Å². The number of alkyl halides is 2. The normalized spacial score (nSPS) is 19.5. The van der Waals surface area contributed by atoms with Crippen molar-refractivity contribution in [3.8, 4) is 5.75 Å². The number of nitrogens with zero attached hydrogens (tertiary/aromatic N) is 5. The Morgan fingerprint density at radius 3 is 2.64 bits per heavy atom. The van der Waals surface area contributed by atoms with Crippen LogP contribution in [-0.4, -0.2) is 64.3 Å². The smallest absolute Gasteiger partial charge is 0.251 e. The van der Waals surface area contributed by atoms with Crippen LogP contribution in [0.25, 0.3) is 0 Å². The van der Waals surface area contributed by atoms with Crippen molar-refractivity contribution >= 4 is 29.9 Å². The zero-order valence-electron chi connectivity index (χ0n) is 19.0. The number of hydrogen-bond donors (Lipinski definition) is 2. The number of nitrogens with one attached hydrogen (secondary N) is 2. The molecule has 1 aromatic carbocycles. The van der Waals surface area contributed by atoms with Crippen LogP contribution in [0.15, 0.2) is 29.3 Å². The minimum atomic E-state index is -2.29. The highest BCUT2D eigenvalue weighted by molar-refractivity contribution is 14.0. The number of halogens is 3. The number of fused-ring (bicyclic) bond motifs is 1. The van der Waals surface area contributed by atoms with Crippen molar-refractivity contribution in [1.82, 2.24) is 30.3 Å². The Labute approximate surface area is 210 Å². The van der Waals surface area contributed by atoms with Crippen LogP contribution in [0.4, 0.5) is 8.78 Å². The summed E-state index contributed by atoms with van der Waals surface area (Å²) in [7, 11) is 1.92. The van der Waals surface area contributed by atoms with Crippen molar-refractivity contribution in [2.75, 3.05) is 26.2 Å². The van der Waals surface area contributed by atoms with E-state index in [1.807, 2.05) is 41.6 Å². The van der Waals surface area contributed by atoms with E-state index < -0.39 is 6.43 Å². The topological polar surface area (TPSA) is 79.6 Å². The van der Waals surface area contributed by atoms with E-state index in [9.17, 15) is 8.78 Å². The highest BCUT2D eigenvalue weighted by atomic mass is 127. The number of aliphatic imine (C=N–C) groups is 1. The van der Waals surface area contributed by atoms with Crippen molar-refractivity contribution in [1.29, 1.82) is 0 Å². The fourth-order valence-electron chi connectivity index (χ4n) is 4.18. The van der Waals surface area contributed by atoms with Gasteiger partial charge in [0.2, 0.25) is 0 Å². The van der Waals surface area contributed by atoms with Gasteiger partial charge < -0.3 is 19.9 Å². The number of benzene rings is 1. The van der Waals surface area contributed by atoms with Crippen molar-refractivity contribution in [3.05, 3.63) is 41.5 Å². The molecule has 11 heteroatoms. The zero-order valence-corrected chi connectivity index (χ0v) is 21.3. The molecule has 0 saturated carbocycles. The lowest BCUT2D eigenvalue weighted by Gasteiger charge is -2.34. The molecule has 1 unspecified atom stereocenters. The quantitative estimate of drug-likeness (QED) is 0.314. The lowest BCUT2D eigenvalue weighted by atomic mass is 10.0. The van der Waals surface area contributed by atoms with E-state index in [-0.39, 0.29) is 42.6 Å².